The average Bonchev–Trinajstić information content (AvgIpc) is 2.71. The lowest BCUT2D eigenvalue weighted by atomic mass is 9.88. The highest BCUT2D eigenvalue weighted by Gasteiger charge is 2.59. The molecule has 1 aliphatic rings. The van der Waals surface area contributed by atoms with Crippen LogP contribution in [0.1, 0.15) is 30.7 Å². The van der Waals surface area contributed by atoms with Crippen molar-refractivity contribution in [2.45, 2.75) is 37.6 Å². The molecule has 11 heteroatoms. The fourth-order valence-electron chi connectivity index (χ4n) is 3.52. The third-order valence-electron chi connectivity index (χ3n) is 5.54. The second-order valence-corrected chi connectivity index (χ2v) is 8.36. The van der Waals surface area contributed by atoms with Gasteiger partial charge in [-0.15, -0.1) is 0 Å². The Hall–Kier alpha value is -2.85. The number of fused-ring (bicyclic) bond motifs is 1. The van der Waals surface area contributed by atoms with Gasteiger partial charge in [0.25, 0.3) is 0 Å². The normalized spacial score (nSPS) is 23.9. The van der Waals surface area contributed by atoms with E-state index >= 15 is 0 Å². The van der Waals surface area contributed by atoms with Crippen LogP contribution >= 0.6 is 11.6 Å². The first-order valence-corrected chi connectivity index (χ1v) is 9.91. The van der Waals surface area contributed by atoms with Crippen molar-refractivity contribution < 1.29 is 22.3 Å². The van der Waals surface area contributed by atoms with Crippen molar-refractivity contribution in [1.82, 2.24) is 15.0 Å². The van der Waals surface area contributed by atoms with E-state index in [0.717, 1.165) is 6.92 Å². The number of hydrogen-bond donors (Lipinski definition) is 1. The molecule has 0 saturated heterocycles. The highest BCUT2D eigenvalue weighted by atomic mass is 35.5. The van der Waals surface area contributed by atoms with Crippen molar-refractivity contribution in [2.24, 2.45) is 10.7 Å². The topological polar surface area (TPSA) is 86.3 Å². The van der Waals surface area contributed by atoms with Crippen molar-refractivity contribution >= 4 is 28.5 Å². The van der Waals surface area contributed by atoms with Crippen LogP contribution in [0.3, 0.4) is 0 Å². The molecule has 0 aliphatic carbocycles. The number of benzene rings is 1. The van der Waals surface area contributed by atoms with Gasteiger partial charge in [-0.1, -0.05) is 17.7 Å². The van der Waals surface area contributed by atoms with E-state index in [1.54, 1.807) is 12.1 Å². The lowest BCUT2D eigenvalue weighted by molar-refractivity contribution is -0.249. The van der Waals surface area contributed by atoms with E-state index < -0.39 is 35.6 Å². The van der Waals surface area contributed by atoms with Crippen LogP contribution in [-0.4, -0.2) is 39.2 Å². The van der Waals surface area contributed by atoms with E-state index in [2.05, 4.69) is 19.9 Å². The molecule has 1 aliphatic heterocycles. The Bertz CT molecular complexity index is 1230. The highest BCUT2D eigenvalue weighted by molar-refractivity contribution is 6.31. The summed E-state index contributed by atoms with van der Waals surface area (Å²) < 4.78 is 60.0. The molecule has 2 aromatic heterocycles. The molecule has 4 rings (SSSR count). The fourth-order valence-corrected chi connectivity index (χ4v) is 3.67. The highest BCUT2D eigenvalue weighted by Crippen LogP contribution is 2.41. The number of nitrogens with two attached hydrogens (primary N) is 1. The number of pyridine rings is 1. The smallest absolute Gasteiger partial charge is 0.385 e. The van der Waals surface area contributed by atoms with Gasteiger partial charge >= 0.3 is 6.18 Å². The summed E-state index contributed by atoms with van der Waals surface area (Å²) in [5.41, 5.74) is 3.88. The molecule has 3 heterocycles. The summed E-state index contributed by atoms with van der Waals surface area (Å²) in [6.07, 6.45) is -1.63. The van der Waals surface area contributed by atoms with Gasteiger partial charge in [0.1, 0.15) is 29.0 Å². The van der Waals surface area contributed by atoms with E-state index in [-0.39, 0.29) is 12.0 Å². The Morgan fingerprint density at radius 3 is 2.59 bits per heavy atom. The van der Waals surface area contributed by atoms with Gasteiger partial charge in [0.05, 0.1) is 22.8 Å². The largest absolute Gasteiger partial charge is 0.424 e. The number of alkyl halides is 3. The summed E-state index contributed by atoms with van der Waals surface area (Å²) in [5, 5.41) is 0.428. The molecular formula is C21H18ClF4N5O. The van der Waals surface area contributed by atoms with Crippen LogP contribution in [0.4, 0.5) is 17.6 Å². The Kier molecular flexibility index (Phi) is 5.33. The van der Waals surface area contributed by atoms with Gasteiger partial charge in [-0.2, -0.15) is 13.2 Å². The summed E-state index contributed by atoms with van der Waals surface area (Å²) in [4.78, 5) is 16.7. The number of rotatable bonds is 3. The van der Waals surface area contributed by atoms with Crippen molar-refractivity contribution in [3.63, 3.8) is 0 Å². The molecule has 32 heavy (non-hydrogen) atoms. The number of halogens is 5. The van der Waals surface area contributed by atoms with Gasteiger partial charge in [-0.25, -0.2) is 14.4 Å². The fraction of sp³-hybridized carbons (Fsp3) is 0.333. The molecule has 1 aromatic carbocycles. The minimum atomic E-state index is -4.76. The van der Waals surface area contributed by atoms with E-state index in [4.69, 9.17) is 22.1 Å². The summed E-state index contributed by atoms with van der Waals surface area (Å²) in [5.74, 6) is -1.39. The second kappa shape index (κ2) is 7.63. The van der Waals surface area contributed by atoms with Gasteiger partial charge in [-0.05, 0) is 37.6 Å². The summed E-state index contributed by atoms with van der Waals surface area (Å²) in [6, 6.07) is 5.96. The van der Waals surface area contributed by atoms with Crippen molar-refractivity contribution in [2.75, 3.05) is 6.61 Å². The van der Waals surface area contributed by atoms with Gasteiger partial charge in [0.2, 0.25) is 5.60 Å². The van der Waals surface area contributed by atoms with Crippen LogP contribution in [0, 0.1) is 5.82 Å². The lowest BCUT2D eigenvalue weighted by Gasteiger charge is -2.41. The van der Waals surface area contributed by atoms with Gasteiger partial charge in [0, 0.05) is 18.2 Å². The molecule has 0 saturated carbocycles. The first kappa shape index (κ1) is 22.3. The van der Waals surface area contributed by atoms with E-state index in [0.29, 0.717) is 27.3 Å². The van der Waals surface area contributed by atoms with Crippen molar-refractivity contribution in [3.05, 3.63) is 64.5 Å². The van der Waals surface area contributed by atoms with E-state index in [9.17, 15) is 17.6 Å². The number of hydrogen-bond acceptors (Lipinski definition) is 6. The SMILES string of the molecule is C[C@@]1(c2cc(Cc3ncnc4cc(Cl)cnc34)ccc2F)CO[C@@](C)(C(F)(F)F)C(N)=N1. The number of aliphatic imine (C=N–C) groups is 1. The van der Waals surface area contributed by atoms with Gasteiger partial charge in [0.15, 0.2) is 0 Å². The molecule has 2 N–H and O–H groups in total. The lowest BCUT2D eigenvalue weighted by Crippen LogP contribution is -2.60. The maximum absolute atomic E-state index is 14.7. The summed E-state index contributed by atoms with van der Waals surface area (Å²) in [7, 11) is 0. The number of amidine groups is 1. The predicted octanol–water partition coefficient (Wildman–Crippen LogP) is 4.33. The average molecular weight is 468 g/mol. The molecule has 3 aromatic rings. The second-order valence-electron chi connectivity index (χ2n) is 7.92. The monoisotopic (exact) mass is 467 g/mol. The van der Waals surface area contributed by atoms with Crippen LogP contribution in [0.5, 0.6) is 0 Å². The standard InChI is InChI=1S/C21H18ClF4N5O/c1-19(9-32-20(2,18(27)31-19)21(24,25)26)13-5-11(3-4-14(13)23)6-15-17-16(30-10-29-15)7-12(22)8-28-17/h3-5,7-8,10H,6,9H2,1-2H3,(H2,27,31)/t19-,20+/m0/s1. The summed E-state index contributed by atoms with van der Waals surface area (Å²) in [6.45, 7) is 1.78. The molecule has 6 nitrogen and oxygen atoms in total. The molecule has 0 fully saturated rings. The summed E-state index contributed by atoms with van der Waals surface area (Å²) >= 11 is 5.96. The van der Waals surface area contributed by atoms with Crippen LogP contribution in [0.2, 0.25) is 5.02 Å². The van der Waals surface area contributed by atoms with E-state index in [1.165, 1.54) is 31.6 Å². The van der Waals surface area contributed by atoms with Crippen LogP contribution < -0.4 is 5.73 Å². The zero-order valence-electron chi connectivity index (χ0n) is 17.0. The zero-order valence-corrected chi connectivity index (χ0v) is 17.8. The molecular weight excluding hydrogens is 450 g/mol. The molecule has 168 valence electrons. The first-order chi connectivity index (χ1) is 14.9. The maximum Gasteiger partial charge on any atom is 0.424 e. The minimum absolute atomic E-state index is 0.0662. The molecule has 0 radical (unpaired) electrons. The molecule has 2 atom stereocenters. The Balaban J connectivity index is 1.72. The predicted molar refractivity (Wildman–Crippen MR) is 111 cm³/mol. The zero-order chi connectivity index (χ0) is 23.3. The maximum atomic E-state index is 14.7. The van der Waals surface area contributed by atoms with Crippen molar-refractivity contribution in [3.8, 4) is 0 Å². The molecule has 0 spiro atoms. The van der Waals surface area contributed by atoms with Crippen LogP contribution in [-0.2, 0) is 16.7 Å². The Morgan fingerprint density at radius 1 is 1.16 bits per heavy atom. The third-order valence-corrected chi connectivity index (χ3v) is 5.75. The number of aromatic nitrogens is 3. The van der Waals surface area contributed by atoms with Crippen molar-refractivity contribution in [1.29, 1.82) is 0 Å². The first-order valence-electron chi connectivity index (χ1n) is 9.53. The Labute approximate surface area is 185 Å². The minimum Gasteiger partial charge on any atom is -0.385 e. The number of nitrogens with zero attached hydrogens (tertiary/aromatic N) is 4. The van der Waals surface area contributed by atoms with Gasteiger partial charge < -0.3 is 10.5 Å². The van der Waals surface area contributed by atoms with E-state index in [1.807, 2.05) is 0 Å². The van der Waals surface area contributed by atoms with Crippen LogP contribution in [0.25, 0.3) is 11.0 Å². The number of ether oxygens (including phenoxy) is 1. The Morgan fingerprint density at radius 2 is 1.91 bits per heavy atom. The van der Waals surface area contributed by atoms with Crippen LogP contribution in [0.15, 0.2) is 41.8 Å². The third kappa shape index (κ3) is 3.77. The molecule has 0 unspecified atom stereocenters. The molecule has 0 amide bonds. The van der Waals surface area contributed by atoms with Gasteiger partial charge in [-0.3, -0.25) is 9.98 Å². The molecule has 0 bridgehead atoms. The quantitative estimate of drug-likeness (QED) is 0.579.